The predicted octanol–water partition coefficient (Wildman–Crippen LogP) is 4.81. The molecule has 0 amide bonds. The van der Waals surface area contributed by atoms with E-state index in [0.717, 1.165) is 35.9 Å². The molecule has 0 aliphatic heterocycles. The van der Waals surface area contributed by atoms with E-state index in [2.05, 4.69) is 64.8 Å². The number of aromatic nitrogens is 2. The first kappa shape index (κ1) is 18.7. The molecule has 2 aromatic carbocycles. The van der Waals surface area contributed by atoms with Crippen molar-refractivity contribution in [3.63, 3.8) is 0 Å². The van der Waals surface area contributed by atoms with E-state index in [4.69, 9.17) is 4.74 Å². The maximum atomic E-state index is 5.19. The zero-order valence-corrected chi connectivity index (χ0v) is 16.3. The second kappa shape index (κ2) is 8.54. The minimum absolute atomic E-state index is 0.607. The van der Waals surface area contributed by atoms with E-state index >= 15 is 0 Å². The van der Waals surface area contributed by atoms with Crippen molar-refractivity contribution in [1.82, 2.24) is 9.97 Å². The van der Waals surface area contributed by atoms with Gasteiger partial charge in [-0.3, -0.25) is 0 Å². The van der Waals surface area contributed by atoms with Crippen molar-refractivity contribution in [2.24, 2.45) is 0 Å². The van der Waals surface area contributed by atoms with Crippen molar-refractivity contribution in [3.05, 3.63) is 70.9 Å². The third-order valence-electron chi connectivity index (χ3n) is 4.37. The Labute approximate surface area is 160 Å². The smallest absolute Gasteiger partial charge is 0.229 e. The number of benzene rings is 2. The Balaban J connectivity index is 1.65. The molecule has 0 aliphatic carbocycles. The van der Waals surface area contributed by atoms with E-state index in [1.165, 1.54) is 16.7 Å². The minimum Gasteiger partial charge on any atom is -0.497 e. The molecule has 0 aliphatic rings. The SMILES string of the molecule is COc1ccc(CCNc2cc(C)nc(Nc3cc(C)ccc3C)n2)cc1. The summed E-state index contributed by atoms with van der Waals surface area (Å²) in [6.45, 7) is 6.93. The van der Waals surface area contributed by atoms with Crippen LogP contribution in [0.15, 0.2) is 48.5 Å². The number of nitrogens with zero attached hydrogens (tertiary/aromatic N) is 2. The van der Waals surface area contributed by atoms with Gasteiger partial charge in [0.15, 0.2) is 0 Å². The summed E-state index contributed by atoms with van der Waals surface area (Å²) in [4.78, 5) is 9.11. The summed E-state index contributed by atoms with van der Waals surface area (Å²) >= 11 is 0. The van der Waals surface area contributed by atoms with Crippen LogP contribution >= 0.6 is 0 Å². The Kier molecular flexibility index (Phi) is 5.91. The third-order valence-corrected chi connectivity index (χ3v) is 4.37. The molecule has 0 fully saturated rings. The van der Waals surface area contributed by atoms with E-state index in [1.807, 2.05) is 25.1 Å². The van der Waals surface area contributed by atoms with Gasteiger partial charge in [0.2, 0.25) is 5.95 Å². The Hall–Kier alpha value is -3.08. The van der Waals surface area contributed by atoms with Gasteiger partial charge in [-0.25, -0.2) is 4.98 Å². The van der Waals surface area contributed by atoms with Gasteiger partial charge >= 0.3 is 0 Å². The second-order valence-electron chi connectivity index (χ2n) is 6.69. The van der Waals surface area contributed by atoms with Gasteiger partial charge in [0, 0.05) is 24.0 Å². The van der Waals surface area contributed by atoms with E-state index < -0.39 is 0 Å². The zero-order valence-electron chi connectivity index (χ0n) is 16.3. The molecule has 27 heavy (non-hydrogen) atoms. The molecule has 0 radical (unpaired) electrons. The van der Waals surface area contributed by atoms with Gasteiger partial charge in [-0.15, -0.1) is 0 Å². The molecule has 0 bridgehead atoms. The lowest BCUT2D eigenvalue weighted by atomic mass is 10.1. The number of hydrogen-bond donors (Lipinski definition) is 2. The van der Waals surface area contributed by atoms with E-state index in [0.29, 0.717) is 5.95 Å². The molecule has 0 unspecified atom stereocenters. The van der Waals surface area contributed by atoms with Crippen LogP contribution in [-0.4, -0.2) is 23.6 Å². The fourth-order valence-electron chi connectivity index (χ4n) is 2.83. The molecule has 3 aromatic rings. The topological polar surface area (TPSA) is 59.1 Å². The van der Waals surface area contributed by atoms with Gasteiger partial charge < -0.3 is 15.4 Å². The number of rotatable bonds is 7. The molecular weight excluding hydrogens is 336 g/mol. The molecule has 1 heterocycles. The lowest BCUT2D eigenvalue weighted by Gasteiger charge is -2.12. The number of ether oxygens (including phenoxy) is 1. The van der Waals surface area contributed by atoms with Crippen molar-refractivity contribution >= 4 is 17.5 Å². The summed E-state index contributed by atoms with van der Waals surface area (Å²) in [5.74, 6) is 2.31. The molecule has 2 N–H and O–H groups in total. The Morgan fingerprint density at radius 1 is 0.926 bits per heavy atom. The molecule has 5 nitrogen and oxygen atoms in total. The highest BCUT2D eigenvalue weighted by atomic mass is 16.5. The summed E-state index contributed by atoms with van der Waals surface area (Å²) < 4.78 is 5.19. The molecule has 140 valence electrons. The maximum Gasteiger partial charge on any atom is 0.229 e. The predicted molar refractivity (Wildman–Crippen MR) is 111 cm³/mol. The summed E-state index contributed by atoms with van der Waals surface area (Å²) in [7, 11) is 1.68. The Bertz CT molecular complexity index is 907. The van der Waals surface area contributed by atoms with Gasteiger partial charge in [0.05, 0.1) is 7.11 Å². The molecule has 0 atom stereocenters. The van der Waals surface area contributed by atoms with Gasteiger partial charge in [-0.1, -0.05) is 24.3 Å². The first-order chi connectivity index (χ1) is 13.0. The van der Waals surface area contributed by atoms with Crippen molar-refractivity contribution < 1.29 is 4.74 Å². The molecule has 0 saturated carbocycles. The summed E-state index contributed by atoms with van der Waals surface area (Å²) in [5, 5.41) is 6.73. The highest BCUT2D eigenvalue weighted by Crippen LogP contribution is 2.21. The van der Waals surface area contributed by atoms with E-state index in [9.17, 15) is 0 Å². The van der Waals surface area contributed by atoms with Crippen molar-refractivity contribution in [3.8, 4) is 5.75 Å². The van der Waals surface area contributed by atoms with Crippen LogP contribution in [0.4, 0.5) is 17.5 Å². The van der Waals surface area contributed by atoms with Crippen LogP contribution in [-0.2, 0) is 6.42 Å². The summed E-state index contributed by atoms with van der Waals surface area (Å²) in [6, 6.07) is 16.4. The van der Waals surface area contributed by atoms with E-state index in [-0.39, 0.29) is 0 Å². The van der Waals surface area contributed by atoms with Crippen LogP contribution in [0.1, 0.15) is 22.4 Å². The van der Waals surface area contributed by atoms with Crippen molar-refractivity contribution in [2.75, 3.05) is 24.3 Å². The fourth-order valence-corrected chi connectivity index (χ4v) is 2.83. The van der Waals surface area contributed by atoms with Crippen LogP contribution in [0.5, 0.6) is 5.75 Å². The monoisotopic (exact) mass is 362 g/mol. The number of hydrogen-bond acceptors (Lipinski definition) is 5. The molecule has 1 aromatic heterocycles. The maximum absolute atomic E-state index is 5.19. The highest BCUT2D eigenvalue weighted by molar-refractivity contribution is 5.60. The zero-order chi connectivity index (χ0) is 19.2. The second-order valence-corrected chi connectivity index (χ2v) is 6.69. The normalized spacial score (nSPS) is 10.5. The van der Waals surface area contributed by atoms with Gasteiger partial charge in [-0.2, -0.15) is 4.98 Å². The lowest BCUT2D eigenvalue weighted by Crippen LogP contribution is -2.09. The van der Waals surface area contributed by atoms with Crippen molar-refractivity contribution in [2.45, 2.75) is 27.2 Å². The lowest BCUT2D eigenvalue weighted by molar-refractivity contribution is 0.414. The molecule has 0 spiro atoms. The standard InChI is InChI=1S/C22H26N4O/c1-15-5-6-16(2)20(13-15)25-22-24-17(3)14-21(26-22)23-12-11-18-7-9-19(27-4)10-8-18/h5-10,13-14H,11-12H2,1-4H3,(H2,23,24,25,26). The van der Waals surface area contributed by atoms with Crippen LogP contribution in [0.25, 0.3) is 0 Å². The number of methoxy groups -OCH3 is 1. The quantitative estimate of drug-likeness (QED) is 0.632. The largest absolute Gasteiger partial charge is 0.497 e. The Morgan fingerprint density at radius 2 is 1.70 bits per heavy atom. The van der Waals surface area contributed by atoms with Crippen LogP contribution in [0, 0.1) is 20.8 Å². The average Bonchev–Trinajstić information content (AvgIpc) is 2.65. The molecular formula is C22H26N4O. The fraction of sp³-hybridized carbons (Fsp3) is 0.273. The molecule has 3 rings (SSSR count). The summed E-state index contributed by atoms with van der Waals surface area (Å²) in [6.07, 6.45) is 0.910. The first-order valence-electron chi connectivity index (χ1n) is 9.10. The Morgan fingerprint density at radius 3 is 2.44 bits per heavy atom. The van der Waals surface area contributed by atoms with Crippen LogP contribution in [0.3, 0.4) is 0 Å². The van der Waals surface area contributed by atoms with Gasteiger partial charge in [-0.05, 0) is 62.1 Å². The summed E-state index contributed by atoms with van der Waals surface area (Å²) in [5.41, 5.74) is 5.57. The van der Waals surface area contributed by atoms with Gasteiger partial charge in [0.1, 0.15) is 11.6 Å². The third kappa shape index (κ3) is 5.20. The minimum atomic E-state index is 0.607. The number of anilines is 3. The molecule has 0 saturated heterocycles. The first-order valence-corrected chi connectivity index (χ1v) is 9.10. The van der Waals surface area contributed by atoms with Crippen LogP contribution in [0.2, 0.25) is 0 Å². The number of nitrogens with one attached hydrogen (secondary N) is 2. The van der Waals surface area contributed by atoms with Crippen molar-refractivity contribution in [1.29, 1.82) is 0 Å². The average molecular weight is 362 g/mol. The molecule has 5 heteroatoms. The van der Waals surface area contributed by atoms with Gasteiger partial charge in [0.25, 0.3) is 0 Å². The van der Waals surface area contributed by atoms with Crippen LogP contribution < -0.4 is 15.4 Å². The highest BCUT2D eigenvalue weighted by Gasteiger charge is 2.05. The van der Waals surface area contributed by atoms with E-state index in [1.54, 1.807) is 7.11 Å². The number of aryl methyl sites for hydroxylation is 3.